The van der Waals surface area contributed by atoms with Crippen molar-refractivity contribution >= 4 is 23.3 Å². The van der Waals surface area contributed by atoms with Gasteiger partial charge in [-0.3, -0.25) is 4.57 Å². The predicted molar refractivity (Wildman–Crippen MR) is 130 cm³/mol. The second-order valence-corrected chi connectivity index (χ2v) is 9.60. The van der Waals surface area contributed by atoms with Crippen LogP contribution in [0.25, 0.3) is 11.0 Å². The SMILES string of the molecule is CNC(=O)Oc1c(C=NOC)c2cccnc2n1C1CCN(C2CCC(C(C)C)CC2)CC1. The molecule has 1 aliphatic heterocycles. The summed E-state index contributed by atoms with van der Waals surface area (Å²) in [5.74, 6) is 2.15. The summed E-state index contributed by atoms with van der Waals surface area (Å²) < 4.78 is 7.84. The molecule has 33 heavy (non-hydrogen) atoms. The van der Waals surface area contributed by atoms with Crippen LogP contribution in [0.3, 0.4) is 0 Å². The van der Waals surface area contributed by atoms with Crippen LogP contribution in [-0.2, 0) is 4.84 Å². The maximum atomic E-state index is 12.2. The average Bonchev–Trinajstić information content (AvgIpc) is 3.15. The fourth-order valence-corrected chi connectivity index (χ4v) is 5.59. The molecule has 1 saturated heterocycles. The van der Waals surface area contributed by atoms with Crippen molar-refractivity contribution in [1.82, 2.24) is 19.8 Å². The van der Waals surface area contributed by atoms with Crippen LogP contribution in [-0.4, -0.2) is 60.0 Å². The maximum absolute atomic E-state index is 12.2. The number of oxime groups is 1. The Morgan fingerprint density at radius 1 is 1.18 bits per heavy atom. The van der Waals surface area contributed by atoms with Crippen LogP contribution in [0.15, 0.2) is 23.5 Å². The van der Waals surface area contributed by atoms with Crippen molar-refractivity contribution in [3.63, 3.8) is 0 Å². The van der Waals surface area contributed by atoms with Crippen LogP contribution in [0.1, 0.15) is 64.0 Å². The lowest BCUT2D eigenvalue weighted by molar-refractivity contribution is 0.0879. The minimum absolute atomic E-state index is 0.204. The van der Waals surface area contributed by atoms with Crippen LogP contribution >= 0.6 is 0 Å². The van der Waals surface area contributed by atoms with Gasteiger partial charge in [0.2, 0.25) is 5.88 Å². The van der Waals surface area contributed by atoms with Crippen molar-refractivity contribution in [3.8, 4) is 5.88 Å². The third kappa shape index (κ3) is 5.00. The number of carbonyl (C=O) groups excluding carboxylic acids is 1. The average molecular weight is 456 g/mol. The molecule has 2 aromatic heterocycles. The summed E-state index contributed by atoms with van der Waals surface area (Å²) in [6.07, 6.45) is 10.2. The van der Waals surface area contributed by atoms with Gasteiger partial charge in [-0.2, -0.15) is 0 Å². The van der Waals surface area contributed by atoms with Gasteiger partial charge in [-0.25, -0.2) is 9.78 Å². The number of ether oxygens (including phenoxy) is 1. The summed E-state index contributed by atoms with van der Waals surface area (Å²) in [5.41, 5.74) is 1.52. The maximum Gasteiger partial charge on any atom is 0.413 e. The lowest BCUT2D eigenvalue weighted by Gasteiger charge is -2.42. The molecular formula is C25H37N5O3. The number of likely N-dealkylation sites (tertiary alicyclic amines) is 1. The summed E-state index contributed by atoms with van der Waals surface area (Å²) in [7, 11) is 3.06. The number of piperidine rings is 1. The van der Waals surface area contributed by atoms with Crippen molar-refractivity contribution in [2.45, 2.75) is 64.5 Å². The van der Waals surface area contributed by atoms with Crippen LogP contribution in [0, 0.1) is 11.8 Å². The van der Waals surface area contributed by atoms with E-state index in [9.17, 15) is 4.79 Å². The van der Waals surface area contributed by atoms with Crippen molar-refractivity contribution in [3.05, 3.63) is 23.9 Å². The fraction of sp³-hybridized carbons (Fsp3) is 0.640. The fourth-order valence-electron chi connectivity index (χ4n) is 5.59. The molecule has 0 radical (unpaired) electrons. The number of rotatable bonds is 6. The second-order valence-electron chi connectivity index (χ2n) is 9.60. The normalized spacial score (nSPS) is 22.8. The van der Waals surface area contributed by atoms with Crippen molar-refractivity contribution in [2.24, 2.45) is 17.0 Å². The third-order valence-corrected chi connectivity index (χ3v) is 7.50. The molecule has 1 saturated carbocycles. The molecule has 0 aromatic carbocycles. The first kappa shape index (κ1) is 23.5. The molecule has 8 nitrogen and oxygen atoms in total. The Hall–Kier alpha value is -2.61. The van der Waals surface area contributed by atoms with Crippen LogP contribution in [0.4, 0.5) is 4.79 Å². The first-order chi connectivity index (χ1) is 16.0. The minimum Gasteiger partial charge on any atom is -0.399 e. The van der Waals surface area contributed by atoms with Gasteiger partial charge in [0.05, 0.1) is 11.8 Å². The molecule has 0 bridgehead atoms. The molecule has 2 fully saturated rings. The van der Waals surface area contributed by atoms with E-state index in [1.807, 2.05) is 12.1 Å². The van der Waals surface area contributed by atoms with Crippen LogP contribution in [0.5, 0.6) is 5.88 Å². The molecule has 2 aromatic rings. The van der Waals surface area contributed by atoms with E-state index in [1.54, 1.807) is 19.5 Å². The molecule has 1 aliphatic carbocycles. The summed E-state index contributed by atoms with van der Waals surface area (Å²) in [6.45, 7) is 6.82. The number of hydrogen-bond acceptors (Lipinski definition) is 6. The van der Waals surface area contributed by atoms with E-state index >= 15 is 0 Å². The summed E-state index contributed by atoms with van der Waals surface area (Å²) in [6, 6.07) is 4.77. The van der Waals surface area contributed by atoms with E-state index < -0.39 is 6.09 Å². The highest BCUT2D eigenvalue weighted by Gasteiger charge is 2.33. The van der Waals surface area contributed by atoms with Gasteiger partial charge in [-0.05, 0) is 62.5 Å². The van der Waals surface area contributed by atoms with E-state index in [2.05, 4.69) is 38.8 Å². The van der Waals surface area contributed by atoms with Gasteiger partial charge in [-0.1, -0.05) is 19.0 Å². The Morgan fingerprint density at radius 3 is 2.55 bits per heavy atom. The Labute approximate surface area is 196 Å². The highest BCUT2D eigenvalue weighted by atomic mass is 16.6. The van der Waals surface area contributed by atoms with E-state index in [0.29, 0.717) is 17.5 Å². The lowest BCUT2D eigenvalue weighted by Crippen LogP contribution is -2.44. The van der Waals surface area contributed by atoms with Crippen molar-refractivity contribution < 1.29 is 14.4 Å². The quantitative estimate of drug-likeness (QED) is 0.509. The van der Waals surface area contributed by atoms with Gasteiger partial charge in [0.15, 0.2) is 0 Å². The number of aromatic nitrogens is 2. The van der Waals surface area contributed by atoms with Crippen LogP contribution in [0.2, 0.25) is 0 Å². The molecule has 4 rings (SSSR count). The molecule has 3 heterocycles. The Kier molecular flexibility index (Phi) is 7.53. The second kappa shape index (κ2) is 10.5. The first-order valence-electron chi connectivity index (χ1n) is 12.2. The molecule has 1 N–H and O–H groups in total. The molecular weight excluding hydrogens is 418 g/mol. The van der Waals surface area contributed by atoms with Crippen molar-refractivity contribution in [2.75, 3.05) is 27.2 Å². The van der Waals surface area contributed by atoms with E-state index in [-0.39, 0.29) is 6.04 Å². The standard InChI is InChI=1S/C25H37N5O3/c1-17(2)18-7-9-19(10-8-18)29-14-11-20(12-15-29)30-23-21(6-5-13-27-23)22(16-28-32-4)24(30)33-25(31)26-3/h5-6,13,16-20H,7-12,14-15H2,1-4H3,(H,26,31). The largest absolute Gasteiger partial charge is 0.413 e. The van der Waals surface area contributed by atoms with E-state index in [4.69, 9.17) is 9.57 Å². The summed E-state index contributed by atoms with van der Waals surface area (Å²) in [4.78, 5) is 24.4. The molecule has 0 unspecified atom stereocenters. The number of nitrogens with zero attached hydrogens (tertiary/aromatic N) is 4. The van der Waals surface area contributed by atoms with Gasteiger partial charge < -0.3 is 19.8 Å². The summed E-state index contributed by atoms with van der Waals surface area (Å²) in [5, 5.41) is 7.40. The van der Waals surface area contributed by atoms with Gasteiger partial charge in [0.25, 0.3) is 0 Å². The van der Waals surface area contributed by atoms with E-state index in [1.165, 1.54) is 32.8 Å². The highest BCUT2D eigenvalue weighted by molar-refractivity contribution is 6.02. The summed E-state index contributed by atoms with van der Waals surface area (Å²) >= 11 is 0. The lowest BCUT2D eigenvalue weighted by atomic mass is 9.79. The number of amides is 1. The predicted octanol–water partition coefficient (Wildman–Crippen LogP) is 4.59. The van der Waals surface area contributed by atoms with Crippen molar-refractivity contribution in [1.29, 1.82) is 0 Å². The third-order valence-electron chi connectivity index (χ3n) is 7.50. The smallest absolute Gasteiger partial charge is 0.399 e. The molecule has 0 spiro atoms. The zero-order chi connectivity index (χ0) is 23.4. The zero-order valence-corrected chi connectivity index (χ0v) is 20.3. The molecule has 180 valence electrons. The monoisotopic (exact) mass is 455 g/mol. The Morgan fingerprint density at radius 2 is 1.91 bits per heavy atom. The molecule has 0 atom stereocenters. The Bertz CT molecular complexity index is 970. The zero-order valence-electron chi connectivity index (χ0n) is 20.3. The number of nitrogens with one attached hydrogen (secondary N) is 1. The number of pyridine rings is 1. The molecule has 1 amide bonds. The molecule has 8 heteroatoms. The van der Waals surface area contributed by atoms with Gasteiger partial charge in [-0.15, -0.1) is 0 Å². The molecule has 2 aliphatic rings. The minimum atomic E-state index is -0.509. The first-order valence-corrected chi connectivity index (χ1v) is 12.2. The van der Waals surface area contributed by atoms with E-state index in [0.717, 1.165) is 48.8 Å². The highest BCUT2D eigenvalue weighted by Crippen LogP contribution is 2.39. The topological polar surface area (TPSA) is 81.0 Å². The van der Waals surface area contributed by atoms with Gasteiger partial charge >= 0.3 is 6.09 Å². The van der Waals surface area contributed by atoms with Gasteiger partial charge in [0, 0.05) is 43.8 Å². The Balaban J connectivity index is 1.56. The number of hydrogen-bond donors (Lipinski definition) is 1. The number of carbonyl (C=O) groups is 1. The van der Waals surface area contributed by atoms with Gasteiger partial charge in [0.1, 0.15) is 12.8 Å². The number of fused-ring (bicyclic) bond motifs is 1. The van der Waals surface area contributed by atoms with Crippen LogP contribution < -0.4 is 10.1 Å².